The Morgan fingerprint density at radius 1 is 1.12 bits per heavy atom. The maximum Gasteiger partial charge on any atom is 0.123 e. The lowest BCUT2D eigenvalue weighted by Crippen LogP contribution is -2.28. The Labute approximate surface area is 93.1 Å². The average molecular weight is 217 g/mol. The summed E-state index contributed by atoms with van der Waals surface area (Å²) in [6, 6.07) is 9.82. The zero-order valence-electron chi connectivity index (χ0n) is 8.60. The molecule has 0 fully saturated rings. The van der Waals surface area contributed by atoms with Gasteiger partial charge in [0.15, 0.2) is 0 Å². The number of hydrogen-bond donors (Lipinski definition) is 2. The minimum atomic E-state index is -0.271. The van der Waals surface area contributed by atoms with E-state index in [1.54, 1.807) is 18.5 Å². The molecule has 0 aliphatic rings. The third kappa shape index (κ3) is 2.24. The minimum Gasteiger partial charge on any atom is -0.271 e. The van der Waals surface area contributed by atoms with Crippen LogP contribution in [0, 0.1) is 5.82 Å². The molecule has 0 spiro atoms. The van der Waals surface area contributed by atoms with Gasteiger partial charge in [0.05, 0.1) is 6.04 Å². The van der Waals surface area contributed by atoms with Crippen molar-refractivity contribution in [2.24, 2.45) is 5.84 Å². The third-order valence-electron chi connectivity index (χ3n) is 2.39. The summed E-state index contributed by atoms with van der Waals surface area (Å²) in [5.74, 6) is 5.22. The van der Waals surface area contributed by atoms with Crippen LogP contribution in [-0.2, 0) is 0 Å². The number of nitrogens with one attached hydrogen (secondary N) is 1. The van der Waals surface area contributed by atoms with Gasteiger partial charge in [0.1, 0.15) is 5.82 Å². The van der Waals surface area contributed by atoms with Crippen molar-refractivity contribution in [1.82, 2.24) is 10.4 Å². The Bertz CT molecular complexity index is 459. The van der Waals surface area contributed by atoms with Gasteiger partial charge in [0.25, 0.3) is 0 Å². The van der Waals surface area contributed by atoms with Crippen LogP contribution in [-0.4, -0.2) is 4.98 Å². The second-order valence-electron chi connectivity index (χ2n) is 3.44. The normalized spacial score (nSPS) is 12.4. The van der Waals surface area contributed by atoms with Gasteiger partial charge in [-0.25, -0.2) is 9.82 Å². The Kier molecular flexibility index (Phi) is 3.24. The van der Waals surface area contributed by atoms with Gasteiger partial charge in [-0.2, -0.15) is 0 Å². The highest BCUT2D eigenvalue weighted by Gasteiger charge is 2.12. The van der Waals surface area contributed by atoms with E-state index in [0.717, 1.165) is 11.1 Å². The van der Waals surface area contributed by atoms with Gasteiger partial charge >= 0.3 is 0 Å². The average Bonchev–Trinajstić information content (AvgIpc) is 2.31. The summed E-state index contributed by atoms with van der Waals surface area (Å²) >= 11 is 0. The van der Waals surface area contributed by atoms with Crippen molar-refractivity contribution in [1.29, 1.82) is 0 Å². The van der Waals surface area contributed by atoms with Crippen LogP contribution in [0.1, 0.15) is 17.2 Å². The lowest BCUT2D eigenvalue weighted by molar-refractivity contribution is 0.605. The lowest BCUT2D eigenvalue weighted by atomic mass is 10.0. The molecular weight excluding hydrogens is 205 g/mol. The largest absolute Gasteiger partial charge is 0.271 e. The zero-order chi connectivity index (χ0) is 11.4. The third-order valence-corrected chi connectivity index (χ3v) is 2.39. The van der Waals surface area contributed by atoms with E-state index in [9.17, 15) is 4.39 Å². The number of rotatable bonds is 3. The van der Waals surface area contributed by atoms with Crippen LogP contribution in [0.2, 0.25) is 0 Å². The minimum absolute atomic E-state index is 0.223. The molecule has 0 saturated carbocycles. The zero-order valence-corrected chi connectivity index (χ0v) is 8.60. The number of hydrazine groups is 1. The molecule has 3 N–H and O–H groups in total. The molecule has 2 rings (SSSR count). The molecule has 0 aliphatic carbocycles. The van der Waals surface area contributed by atoms with Crippen LogP contribution in [0.5, 0.6) is 0 Å². The molecule has 0 bridgehead atoms. The Morgan fingerprint density at radius 2 is 1.88 bits per heavy atom. The number of aromatic nitrogens is 1. The standard InChI is InChI=1S/C12H12FN3/c13-11-3-1-2-10(8-11)12(16-14)9-4-6-15-7-5-9/h1-8,12,16H,14H2. The molecule has 0 saturated heterocycles. The second-order valence-corrected chi connectivity index (χ2v) is 3.44. The smallest absolute Gasteiger partial charge is 0.123 e. The van der Waals surface area contributed by atoms with Crippen LogP contribution >= 0.6 is 0 Å². The van der Waals surface area contributed by atoms with E-state index in [-0.39, 0.29) is 11.9 Å². The van der Waals surface area contributed by atoms with E-state index < -0.39 is 0 Å². The van der Waals surface area contributed by atoms with Crippen molar-refractivity contribution in [2.45, 2.75) is 6.04 Å². The lowest BCUT2D eigenvalue weighted by Gasteiger charge is -2.16. The monoisotopic (exact) mass is 217 g/mol. The quantitative estimate of drug-likeness (QED) is 0.608. The number of pyridine rings is 1. The molecule has 0 radical (unpaired) electrons. The predicted octanol–water partition coefficient (Wildman–Crippen LogP) is 1.77. The van der Waals surface area contributed by atoms with E-state index in [2.05, 4.69) is 10.4 Å². The highest BCUT2D eigenvalue weighted by Crippen LogP contribution is 2.20. The van der Waals surface area contributed by atoms with Crippen LogP contribution in [0.15, 0.2) is 48.8 Å². The summed E-state index contributed by atoms with van der Waals surface area (Å²) in [5, 5.41) is 0. The van der Waals surface area contributed by atoms with Gasteiger partial charge in [-0.1, -0.05) is 12.1 Å². The molecule has 3 nitrogen and oxygen atoms in total. The summed E-state index contributed by atoms with van der Waals surface area (Å²) in [4.78, 5) is 3.93. The summed E-state index contributed by atoms with van der Waals surface area (Å²) in [6.07, 6.45) is 3.36. The van der Waals surface area contributed by atoms with E-state index >= 15 is 0 Å². The molecule has 4 heteroatoms. The van der Waals surface area contributed by atoms with E-state index in [0.29, 0.717) is 0 Å². The first-order valence-corrected chi connectivity index (χ1v) is 4.93. The molecule has 1 aromatic heterocycles. The van der Waals surface area contributed by atoms with Crippen LogP contribution < -0.4 is 11.3 Å². The van der Waals surface area contributed by atoms with Crippen LogP contribution in [0.25, 0.3) is 0 Å². The molecule has 0 aliphatic heterocycles. The Hall–Kier alpha value is -1.78. The van der Waals surface area contributed by atoms with Gasteiger partial charge in [-0.15, -0.1) is 0 Å². The highest BCUT2D eigenvalue weighted by atomic mass is 19.1. The van der Waals surface area contributed by atoms with Gasteiger partial charge < -0.3 is 0 Å². The molecule has 82 valence electrons. The van der Waals surface area contributed by atoms with Gasteiger partial charge in [-0.3, -0.25) is 10.8 Å². The first-order chi connectivity index (χ1) is 7.81. The molecule has 1 atom stereocenters. The number of benzene rings is 1. The van der Waals surface area contributed by atoms with Crippen molar-refractivity contribution >= 4 is 0 Å². The molecule has 16 heavy (non-hydrogen) atoms. The maximum absolute atomic E-state index is 13.1. The van der Waals surface area contributed by atoms with Gasteiger partial charge in [0, 0.05) is 12.4 Å². The SMILES string of the molecule is NNC(c1ccncc1)c1cccc(F)c1. The summed E-state index contributed by atoms with van der Waals surface area (Å²) in [6.45, 7) is 0. The van der Waals surface area contributed by atoms with Crippen molar-refractivity contribution in [2.75, 3.05) is 0 Å². The first kappa shape index (κ1) is 10.7. The van der Waals surface area contributed by atoms with Gasteiger partial charge in [-0.05, 0) is 35.4 Å². The van der Waals surface area contributed by atoms with Crippen molar-refractivity contribution in [3.05, 3.63) is 65.7 Å². The fourth-order valence-corrected chi connectivity index (χ4v) is 1.63. The van der Waals surface area contributed by atoms with E-state index in [1.165, 1.54) is 12.1 Å². The molecule has 1 heterocycles. The predicted molar refractivity (Wildman–Crippen MR) is 59.8 cm³/mol. The number of hydrogen-bond acceptors (Lipinski definition) is 3. The summed E-state index contributed by atoms with van der Waals surface area (Å²) < 4.78 is 13.1. The van der Waals surface area contributed by atoms with Gasteiger partial charge in [0.2, 0.25) is 0 Å². The summed E-state index contributed by atoms with van der Waals surface area (Å²) in [7, 11) is 0. The summed E-state index contributed by atoms with van der Waals surface area (Å²) in [5.41, 5.74) is 4.40. The van der Waals surface area contributed by atoms with Crippen LogP contribution in [0.3, 0.4) is 0 Å². The fourth-order valence-electron chi connectivity index (χ4n) is 1.63. The molecule has 2 aromatic rings. The van der Waals surface area contributed by atoms with Crippen molar-refractivity contribution in [3.63, 3.8) is 0 Å². The number of nitrogens with two attached hydrogens (primary N) is 1. The fraction of sp³-hybridized carbons (Fsp3) is 0.0833. The van der Waals surface area contributed by atoms with E-state index in [4.69, 9.17) is 5.84 Å². The van der Waals surface area contributed by atoms with Crippen molar-refractivity contribution in [3.8, 4) is 0 Å². The molecule has 0 amide bonds. The second kappa shape index (κ2) is 4.83. The highest BCUT2D eigenvalue weighted by molar-refractivity contribution is 5.30. The number of nitrogens with zero attached hydrogens (tertiary/aromatic N) is 1. The Morgan fingerprint density at radius 3 is 2.50 bits per heavy atom. The Balaban J connectivity index is 2.37. The molecule has 1 unspecified atom stereocenters. The van der Waals surface area contributed by atoms with Crippen molar-refractivity contribution < 1.29 is 4.39 Å². The first-order valence-electron chi connectivity index (χ1n) is 4.93. The number of halogens is 1. The van der Waals surface area contributed by atoms with Crippen LogP contribution in [0.4, 0.5) is 4.39 Å². The van der Waals surface area contributed by atoms with E-state index in [1.807, 2.05) is 18.2 Å². The molecule has 1 aromatic carbocycles. The maximum atomic E-state index is 13.1. The topological polar surface area (TPSA) is 50.9 Å². The molecular formula is C12H12FN3.